The zero-order valence-corrected chi connectivity index (χ0v) is 12.6. The van der Waals surface area contributed by atoms with Crippen LogP contribution in [0.3, 0.4) is 0 Å². The van der Waals surface area contributed by atoms with E-state index in [0.717, 1.165) is 12.8 Å². The van der Waals surface area contributed by atoms with E-state index >= 15 is 0 Å². The molecule has 0 amide bonds. The fourth-order valence-corrected chi connectivity index (χ4v) is 2.67. The van der Waals surface area contributed by atoms with E-state index in [1.54, 1.807) is 0 Å². The number of benzene rings is 1. The van der Waals surface area contributed by atoms with Gasteiger partial charge in [-0.2, -0.15) is 0 Å². The summed E-state index contributed by atoms with van der Waals surface area (Å²) in [7, 11) is 2.14. The number of ether oxygens (including phenoxy) is 1. The maximum absolute atomic E-state index is 10.1. The molecule has 5 heteroatoms. The molecular weight excluding hydrogens is 268 g/mol. The SMILES string of the molecule is CN1CCc2ccccc21.O=CCN1CCOC(CO)C1. The number of rotatable bonds is 3. The number of para-hydroxylation sites is 1. The first-order valence-corrected chi connectivity index (χ1v) is 7.42. The van der Waals surface area contributed by atoms with Crippen molar-refractivity contribution in [1.82, 2.24) is 4.90 Å². The third-order valence-corrected chi connectivity index (χ3v) is 3.88. The second-order valence-corrected chi connectivity index (χ2v) is 5.40. The van der Waals surface area contributed by atoms with Crippen molar-refractivity contribution in [2.45, 2.75) is 12.5 Å². The molecule has 0 spiro atoms. The number of aldehydes is 1. The van der Waals surface area contributed by atoms with E-state index in [9.17, 15) is 4.79 Å². The van der Waals surface area contributed by atoms with Crippen LogP contribution >= 0.6 is 0 Å². The van der Waals surface area contributed by atoms with E-state index in [1.807, 2.05) is 4.90 Å². The van der Waals surface area contributed by atoms with Gasteiger partial charge in [0, 0.05) is 32.4 Å². The molecule has 5 nitrogen and oxygen atoms in total. The monoisotopic (exact) mass is 292 g/mol. The number of fused-ring (bicyclic) bond motifs is 1. The van der Waals surface area contributed by atoms with Gasteiger partial charge in [0.05, 0.1) is 25.9 Å². The summed E-state index contributed by atoms with van der Waals surface area (Å²) < 4.78 is 5.20. The van der Waals surface area contributed by atoms with Gasteiger partial charge >= 0.3 is 0 Å². The minimum atomic E-state index is -0.108. The Labute approximate surface area is 126 Å². The number of aliphatic hydroxyl groups is 1. The summed E-state index contributed by atoms with van der Waals surface area (Å²) in [5.74, 6) is 0. The summed E-state index contributed by atoms with van der Waals surface area (Å²) in [6, 6.07) is 8.60. The third-order valence-electron chi connectivity index (χ3n) is 3.88. The predicted octanol–water partition coefficient (Wildman–Crippen LogP) is 0.557. The maximum Gasteiger partial charge on any atom is 0.133 e. The first-order valence-electron chi connectivity index (χ1n) is 7.42. The Kier molecular flexibility index (Phi) is 6.17. The van der Waals surface area contributed by atoms with Crippen molar-refractivity contribution in [2.24, 2.45) is 0 Å². The van der Waals surface area contributed by atoms with Crippen LogP contribution in [0.25, 0.3) is 0 Å². The van der Waals surface area contributed by atoms with Gasteiger partial charge in [-0.15, -0.1) is 0 Å². The van der Waals surface area contributed by atoms with Crippen molar-refractivity contribution in [1.29, 1.82) is 0 Å². The Hall–Kier alpha value is -1.43. The van der Waals surface area contributed by atoms with Crippen molar-refractivity contribution in [3.05, 3.63) is 29.8 Å². The topological polar surface area (TPSA) is 53.0 Å². The van der Waals surface area contributed by atoms with Crippen molar-refractivity contribution < 1.29 is 14.6 Å². The number of likely N-dealkylation sites (N-methyl/N-ethyl adjacent to an activating group) is 1. The Morgan fingerprint density at radius 2 is 2.19 bits per heavy atom. The van der Waals surface area contributed by atoms with Crippen LogP contribution < -0.4 is 4.90 Å². The molecule has 2 heterocycles. The van der Waals surface area contributed by atoms with Crippen LogP contribution in [-0.4, -0.2) is 68.8 Å². The van der Waals surface area contributed by atoms with E-state index in [0.29, 0.717) is 19.7 Å². The molecule has 2 aliphatic heterocycles. The lowest BCUT2D eigenvalue weighted by atomic mass is 10.2. The average Bonchev–Trinajstić information content (AvgIpc) is 2.90. The molecule has 1 saturated heterocycles. The summed E-state index contributed by atoms with van der Waals surface area (Å²) in [5.41, 5.74) is 2.90. The van der Waals surface area contributed by atoms with Gasteiger partial charge in [0.1, 0.15) is 6.29 Å². The number of carbonyl (C=O) groups is 1. The second-order valence-electron chi connectivity index (χ2n) is 5.40. The molecule has 0 saturated carbocycles. The van der Waals surface area contributed by atoms with Gasteiger partial charge in [0.2, 0.25) is 0 Å². The minimum Gasteiger partial charge on any atom is -0.394 e. The van der Waals surface area contributed by atoms with Crippen LogP contribution in [0.4, 0.5) is 5.69 Å². The van der Waals surface area contributed by atoms with Crippen LogP contribution in [0, 0.1) is 0 Å². The summed E-state index contributed by atoms with van der Waals surface area (Å²) in [6.07, 6.45) is 1.98. The van der Waals surface area contributed by atoms with Crippen molar-refractivity contribution >= 4 is 12.0 Å². The normalized spacial score (nSPS) is 21.4. The molecule has 0 bridgehead atoms. The Morgan fingerprint density at radius 1 is 1.38 bits per heavy atom. The largest absolute Gasteiger partial charge is 0.394 e. The molecule has 3 rings (SSSR count). The van der Waals surface area contributed by atoms with Crippen molar-refractivity contribution in [3.8, 4) is 0 Å². The quantitative estimate of drug-likeness (QED) is 0.825. The lowest BCUT2D eigenvalue weighted by Crippen LogP contribution is -2.44. The van der Waals surface area contributed by atoms with Gasteiger partial charge in [0.25, 0.3) is 0 Å². The first-order chi connectivity index (χ1) is 10.2. The number of anilines is 1. The van der Waals surface area contributed by atoms with Crippen molar-refractivity contribution in [2.75, 3.05) is 51.3 Å². The molecule has 0 aromatic heterocycles. The van der Waals surface area contributed by atoms with Crippen LogP contribution in [0.2, 0.25) is 0 Å². The molecule has 0 aliphatic carbocycles. The molecule has 116 valence electrons. The van der Waals surface area contributed by atoms with Crippen LogP contribution in [0.1, 0.15) is 5.56 Å². The molecule has 21 heavy (non-hydrogen) atoms. The number of carbonyl (C=O) groups excluding carboxylic acids is 1. The molecule has 1 unspecified atom stereocenters. The summed E-state index contributed by atoms with van der Waals surface area (Å²) >= 11 is 0. The van der Waals surface area contributed by atoms with E-state index in [4.69, 9.17) is 9.84 Å². The number of hydrogen-bond acceptors (Lipinski definition) is 5. The second kappa shape index (κ2) is 8.12. The summed E-state index contributed by atoms with van der Waals surface area (Å²) in [5, 5.41) is 8.74. The van der Waals surface area contributed by atoms with Crippen LogP contribution in [0.15, 0.2) is 24.3 Å². The highest BCUT2D eigenvalue weighted by atomic mass is 16.5. The highest BCUT2D eigenvalue weighted by Crippen LogP contribution is 2.25. The van der Waals surface area contributed by atoms with Gasteiger partial charge in [0.15, 0.2) is 0 Å². The number of hydrogen-bond donors (Lipinski definition) is 1. The van der Waals surface area contributed by atoms with E-state index in [-0.39, 0.29) is 12.7 Å². The Balaban J connectivity index is 0.000000154. The van der Waals surface area contributed by atoms with Crippen LogP contribution in [0.5, 0.6) is 0 Å². The molecule has 0 radical (unpaired) electrons. The van der Waals surface area contributed by atoms with Gasteiger partial charge in [-0.3, -0.25) is 4.90 Å². The molecule has 1 aromatic carbocycles. The van der Waals surface area contributed by atoms with Gasteiger partial charge < -0.3 is 19.5 Å². The van der Waals surface area contributed by atoms with Gasteiger partial charge in [-0.1, -0.05) is 18.2 Å². The lowest BCUT2D eigenvalue weighted by Gasteiger charge is -2.30. The number of aliphatic hydroxyl groups excluding tert-OH is 1. The fourth-order valence-electron chi connectivity index (χ4n) is 2.67. The summed E-state index contributed by atoms with van der Waals surface area (Å²) in [6.45, 7) is 3.72. The standard InChI is InChI=1S/C9H11N.C7H13NO3/c1-10-7-6-8-4-2-3-5-9(8)10;9-3-1-8-2-4-11-7(5-8)6-10/h2-5H,6-7H2,1H3;3,7,10H,1-2,4-6H2. The third kappa shape index (κ3) is 4.52. The van der Waals surface area contributed by atoms with Gasteiger partial charge in [-0.25, -0.2) is 0 Å². The van der Waals surface area contributed by atoms with E-state index in [1.165, 1.54) is 24.2 Å². The number of nitrogens with zero attached hydrogens (tertiary/aromatic N) is 2. The zero-order valence-electron chi connectivity index (χ0n) is 12.6. The fraction of sp³-hybridized carbons (Fsp3) is 0.562. The van der Waals surface area contributed by atoms with E-state index < -0.39 is 0 Å². The molecule has 2 aliphatic rings. The average molecular weight is 292 g/mol. The molecule has 1 N–H and O–H groups in total. The molecular formula is C16H24N2O3. The van der Waals surface area contributed by atoms with Crippen molar-refractivity contribution in [3.63, 3.8) is 0 Å². The highest BCUT2D eigenvalue weighted by Gasteiger charge is 2.18. The molecule has 1 atom stereocenters. The highest BCUT2D eigenvalue weighted by molar-refractivity contribution is 5.56. The predicted molar refractivity (Wildman–Crippen MR) is 82.7 cm³/mol. The van der Waals surface area contributed by atoms with Gasteiger partial charge in [-0.05, 0) is 18.1 Å². The minimum absolute atomic E-state index is 0.0371. The Morgan fingerprint density at radius 3 is 2.90 bits per heavy atom. The first kappa shape index (κ1) is 15.9. The van der Waals surface area contributed by atoms with E-state index in [2.05, 4.69) is 36.2 Å². The molecule has 1 fully saturated rings. The molecule has 1 aromatic rings. The smallest absolute Gasteiger partial charge is 0.133 e. The number of morpholine rings is 1. The summed E-state index contributed by atoms with van der Waals surface area (Å²) in [4.78, 5) is 14.4. The Bertz CT molecular complexity index is 453. The van der Waals surface area contributed by atoms with Crippen LogP contribution in [-0.2, 0) is 16.0 Å². The maximum atomic E-state index is 10.1. The zero-order chi connectivity index (χ0) is 15.1. The lowest BCUT2D eigenvalue weighted by molar-refractivity contribution is -0.111.